The number of rotatable bonds is 7. The van der Waals surface area contributed by atoms with Gasteiger partial charge in [0.25, 0.3) is 0 Å². The van der Waals surface area contributed by atoms with E-state index in [1.807, 2.05) is 0 Å². The molecule has 0 spiro atoms. The fourth-order valence-corrected chi connectivity index (χ4v) is 1.40. The standard InChI is InChI=1S/C12H17FO3/c13-11-6-4-5-10(9-15)12(11)16-8-3-1-2-7-14/h4-6,14-15H,1-3,7-9H2. The highest BCUT2D eigenvalue weighted by Crippen LogP contribution is 2.22. The van der Waals surface area contributed by atoms with E-state index in [2.05, 4.69) is 0 Å². The molecule has 0 aromatic heterocycles. The van der Waals surface area contributed by atoms with Gasteiger partial charge in [0.1, 0.15) is 0 Å². The zero-order valence-corrected chi connectivity index (χ0v) is 9.16. The van der Waals surface area contributed by atoms with Gasteiger partial charge < -0.3 is 14.9 Å². The molecule has 0 aliphatic rings. The molecule has 0 aliphatic carbocycles. The van der Waals surface area contributed by atoms with Crippen molar-refractivity contribution >= 4 is 0 Å². The predicted octanol–water partition coefficient (Wildman–Crippen LogP) is 1.86. The molecule has 2 N–H and O–H groups in total. The van der Waals surface area contributed by atoms with Crippen LogP contribution in [0.5, 0.6) is 5.75 Å². The highest BCUT2D eigenvalue weighted by atomic mass is 19.1. The monoisotopic (exact) mass is 228 g/mol. The normalized spacial score (nSPS) is 10.4. The fraction of sp³-hybridized carbons (Fsp3) is 0.500. The van der Waals surface area contributed by atoms with Crippen LogP contribution in [-0.4, -0.2) is 23.4 Å². The van der Waals surface area contributed by atoms with Gasteiger partial charge in [-0.3, -0.25) is 0 Å². The molecule has 3 nitrogen and oxygen atoms in total. The van der Waals surface area contributed by atoms with E-state index in [9.17, 15) is 4.39 Å². The molecule has 1 aromatic carbocycles. The Bertz CT molecular complexity index is 315. The molecule has 0 aliphatic heterocycles. The number of para-hydroxylation sites is 1. The Hall–Kier alpha value is -1.13. The van der Waals surface area contributed by atoms with Gasteiger partial charge >= 0.3 is 0 Å². The van der Waals surface area contributed by atoms with E-state index in [0.29, 0.717) is 12.2 Å². The van der Waals surface area contributed by atoms with Crippen molar-refractivity contribution in [1.29, 1.82) is 0 Å². The number of unbranched alkanes of at least 4 members (excludes halogenated alkanes) is 2. The molecule has 4 heteroatoms. The zero-order chi connectivity index (χ0) is 11.8. The predicted molar refractivity (Wildman–Crippen MR) is 58.8 cm³/mol. The van der Waals surface area contributed by atoms with Crippen LogP contribution in [0.15, 0.2) is 18.2 Å². The van der Waals surface area contributed by atoms with E-state index in [1.165, 1.54) is 6.07 Å². The highest BCUT2D eigenvalue weighted by molar-refractivity contribution is 5.34. The van der Waals surface area contributed by atoms with Crippen molar-refractivity contribution < 1.29 is 19.3 Å². The van der Waals surface area contributed by atoms with Gasteiger partial charge in [-0.1, -0.05) is 12.1 Å². The third-order valence-electron chi connectivity index (χ3n) is 2.27. The molecule has 1 aromatic rings. The molecule has 90 valence electrons. The molecule has 0 atom stereocenters. The average molecular weight is 228 g/mol. The van der Waals surface area contributed by atoms with Crippen LogP contribution < -0.4 is 4.74 Å². The van der Waals surface area contributed by atoms with Crippen LogP contribution in [0.3, 0.4) is 0 Å². The molecule has 0 unspecified atom stereocenters. The summed E-state index contributed by atoms with van der Waals surface area (Å²) in [6, 6.07) is 4.48. The quantitative estimate of drug-likeness (QED) is 0.700. The van der Waals surface area contributed by atoms with Crippen molar-refractivity contribution in [3.8, 4) is 5.75 Å². The second-order valence-electron chi connectivity index (χ2n) is 3.52. The van der Waals surface area contributed by atoms with Gasteiger partial charge in [-0.25, -0.2) is 4.39 Å². The highest BCUT2D eigenvalue weighted by Gasteiger charge is 2.08. The minimum absolute atomic E-state index is 0.133. The molecule has 0 amide bonds. The van der Waals surface area contributed by atoms with Gasteiger partial charge in [0.05, 0.1) is 13.2 Å². The Morgan fingerprint density at radius 3 is 2.62 bits per heavy atom. The molecule has 0 saturated heterocycles. The number of benzene rings is 1. The van der Waals surface area contributed by atoms with Crippen LogP contribution in [0.4, 0.5) is 4.39 Å². The van der Waals surface area contributed by atoms with Crippen LogP contribution in [0, 0.1) is 5.82 Å². The third kappa shape index (κ3) is 3.79. The summed E-state index contributed by atoms with van der Waals surface area (Å²) >= 11 is 0. The van der Waals surface area contributed by atoms with Gasteiger partial charge in [-0.15, -0.1) is 0 Å². The molecule has 0 bridgehead atoms. The lowest BCUT2D eigenvalue weighted by Crippen LogP contribution is -2.03. The molecule has 0 saturated carbocycles. The topological polar surface area (TPSA) is 49.7 Å². The largest absolute Gasteiger partial charge is 0.490 e. The van der Waals surface area contributed by atoms with Crippen molar-refractivity contribution in [2.24, 2.45) is 0 Å². The molecule has 0 fully saturated rings. The maximum absolute atomic E-state index is 13.3. The number of aliphatic hydroxyl groups is 2. The Balaban J connectivity index is 2.46. The first-order chi connectivity index (χ1) is 7.79. The molecule has 16 heavy (non-hydrogen) atoms. The number of aliphatic hydroxyl groups excluding tert-OH is 2. The van der Waals surface area contributed by atoms with Gasteiger partial charge in [-0.2, -0.15) is 0 Å². The van der Waals surface area contributed by atoms with Crippen molar-refractivity contribution in [2.45, 2.75) is 25.9 Å². The maximum Gasteiger partial charge on any atom is 0.165 e. The van der Waals surface area contributed by atoms with E-state index < -0.39 is 5.82 Å². The SMILES string of the molecule is OCCCCCOc1c(F)cccc1CO. The van der Waals surface area contributed by atoms with E-state index >= 15 is 0 Å². The van der Waals surface area contributed by atoms with Crippen molar-refractivity contribution in [3.05, 3.63) is 29.6 Å². The number of hydrogen-bond donors (Lipinski definition) is 2. The van der Waals surface area contributed by atoms with E-state index in [0.717, 1.165) is 19.3 Å². The minimum Gasteiger partial charge on any atom is -0.490 e. The van der Waals surface area contributed by atoms with Crippen molar-refractivity contribution in [1.82, 2.24) is 0 Å². The first-order valence-corrected chi connectivity index (χ1v) is 5.41. The number of hydrogen-bond acceptors (Lipinski definition) is 3. The van der Waals surface area contributed by atoms with Crippen LogP contribution >= 0.6 is 0 Å². The Morgan fingerprint density at radius 1 is 1.12 bits per heavy atom. The van der Waals surface area contributed by atoms with Gasteiger partial charge in [-0.05, 0) is 25.3 Å². The Labute approximate surface area is 94.5 Å². The van der Waals surface area contributed by atoms with Crippen LogP contribution in [-0.2, 0) is 6.61 Å². The van der Waals surface area contributed by atoms with E-state index in [4.69, 9.17) is 14.9 Å². The summed E-state index contributed by atoms with van der Waals surface area (Å²) in [4.78, 5) is 0. The molecule has 1 rings (SSSR count). The van der Waals surface area contributed by atoms with Crippen molar-refractivity contribution in [2.75, 3.05) is 13.2 Å². The lowest BCUT2D eigenvalue weighted by molar-refractivity contribution is 0.245. The summed E-state index contributed by atoms with van der Waals surface area (Å²) < 4.78 is 18.6. The Kier molecular flexibility index (Phi) is 5.82. The van der Waals surface area contributed by atoms with Crippen LogP contribution in [0.25, 0.3) is 0 Å². The van der Waals surface area contributed by atoms with Gasteiger partial charge in [0.2, 0.25) is 0 Å². The fourth-order valence-electron chi connectivity index (χ4n) is 1.40. The van der Waals surface area contributed by atoms with E-state index in [1.54, 1.807) is 12.1 Å². The third-order valence-corrected chi connectivity index (χ3v) is 2.27. The maximum atomic E-state index is 13.3. The minimum atomic E-state index is -0.450. The average Bonchev–Trinajstić information content (AvgIpc) is 2.30. The van der Waals surface area contributed by atoms with Crippen LogP contribution in [0.2, 0.25) is 0 Å². The summed E-state index contributed by atoms with van der Waals surface area (Å²) in [5.41, 5.74) is 0.460. The second-order valence-corrected chi connectivity index (χ2v) is 3.52. The lowest BCUT2D eigenvalue weighted by atomic mass is 10.2. The molecule has 0 heterocycles. The first-order valence-electron chi connectivity index (χ1n) is 5.41. The summed E-state index contributed by atoms with van der Waals surface area (Å²) in [6.07, 6.45) is 2.34. The smallest absolute Gasteiger partial charge is 0.165 e. The zero-order valence-electron chi connectivity index (χ0n) is 9.16. The van der Waals surface area contributed by atoms with Gasteiger partial charge in [0.15, 0.2) is 11.6 Å². The summed E-state index contributed by atoms with van der Waals surface area (Å²) in [5.74, 6) is -0.317. The second kappa shape index (κ2) is 7.19. The number of halogens is 1. The first kappa shape index (κ1) is 12.9. The van der Waals surface area contributed by atoms with Crippen molar-refractivity contribution in [3.63, 3.8) is 0 Å². The summed E-state index contributed by atoms with van der Waals surface area (Å²) in [5, 5.41) is 17.6. The molecule has 0 radical (unpaired) electrons. The van der Waals surface area contributed by atoms with Gasteiger partial charge in [0, 0.05) is 12.2 Å². The molecular weight excluding hydrogens is 211 g/mol. The van der Waals surface area contributed by atoms with E-state index in [-0.39, 0.29) is 19.0 Å². The van der Waals surface area contributed by atoms with Crippen LogP contribution in [0.1, 0.15) is 24.8 Å². The molecular formula is C12H17FO3. The summed E-state index contributed by atoms with van der Waals surface area (Å²) in [6.45, 7) is 0.333. The lowest BCUT2D eigenvalue weighted by Gasteiger charge is -2.10. The Morgan fingerprint density at radius 2 is 1.94 bits per heavy atom. The summed E-state index contributed by atoms with van der Waals surface area (Å²) in [7, 11) is 0. The number of ether oxygens (including phenoxy) is 1.